The van der Waals surface area contributed by atoms with E-state index in [2.05, 4.69) is 10.2 Å². The molecule has 37 heavy (non-hydrogen) atoms. The van der Waals surface area contributed by atoms with Crippen LogP contribution < -0.4 is 4.74 Å². The molecular formula is C27H27F2N3O5. The molecule has 0 radical (unpaired) electrons. The number of halogens is 2. The summed E-state index contributed by atoms with van der Waals surface area (Å²) >= 11 is 0. The molecule has 4 aromatic rings. The monoisotopic (exact) mass is 511 g/mol. The maximum absolute atomic E-state index is 16.3. The van der Waals surface area contributed by atoms with E-state index in [9.17, 15) is 14.3 Å². The molecule has 2 aromatic heterocycles. The highest BCUT2D eigenvalue weighted by atomic mass is 19.1. The number of carboxylic acids is 1. The molecule has 2 fully saturated rings. The number of carbonyl (C=O) groups is 1. The van der Waals surface area contributed by atoms with E-state index in [1.165, 1.54) is 13.2 Å². The minimum atomic E-state index is -1.38. The van der Waals surface area contributed by atoms with Gasteiger partial charge < -0.3 is 23.9 Å². The molecule has 0 unspecified atom stereocenters. The second-order valence-corrected chi connectivity index (χ2v) is 10.0. The van der Waals surface area contributed by atoms with Crippen molar-refractivity contribution in [2.24, 2.45) is 0 Å². The number of nitrogens with one attached hydrogen (secondary N) is 1. The Morgan fingerprint density at radius 1 is 1.24 bits per heavy atom. The van der Waals surface area contributed by atoms with E-state index in [1.807, 2.05) is 10.6 Å². The highest BCUT2D eigenvalue weighted by molar-refractivity contribution is 6.00. The Morgan fingerprint density at radius 3 is 2.73 bits per heavy atom. The van der Waals surface area contributed by atoms with Gasteiger partial charge in [-0.1, -0.05) is 0 Å². The van der Waals surface area contributed by atoms with Crippen LogP contribution in [0.3, 0.4) is 0 Å². The fourth-order valence-electron chi connectivity index (χ4n) is 5.91. The van der Waals surface area contributed by atoms with Crippen molar-refractivity contribution in [3.63, 3.8) is 0 Å². The van der Waals surface area contributed by atoms with Crippen molar-refractivity contribution >= 4 is 27.8 Å². The molecular weight excluding hydrogens is 484 g/mol. The third kappa shape index (κ3) is 3.69. The zero-order valence-corrected chi connectivity index (χ0v) is 20.5. The van der Waals surface area contributed by atoms with Crippen LogP contribution in [0.4, 0.5) is 8.78 Å². The zero-order chi connectivity index (χ0) is 25.9. The Bertz CT molecular complexity index is 1520. The number of ether oxygens (including phenoxy) is 3. The average Bonchev–Trinajstić information content (AvgIpc) is 3.61. The van der Waals surface area contributed by atoms with Crippen molar-refractivity contribution in [2.45, 2.75) is 43.6 Å². The molecule has 8 nitrogen and oxygen atoms in total. The van der Waals surface area contributed by atoms with Crippen molar-refractivity contribution in [2.75, 3.05) is 26.9 Å². The summed E-state index contributed by atoms with van der Waals surface area (Å²) in [7, 11) is 1.40. The summed E-state index contributed by atoms with van der Waals surface area (Å²) in [6, 6.07) is 6.45. The third-order valence-corrected chi connectivity index (χ3v) is 7.78. The SMILES string of the molecule is COc1cc(-n2c(C3CCOCC3)c([C@@H]3CO[C@](C)(C(=O)O)C3)c3c(F)c4[nH]ncc4cc32)ccc1F. The van der Waals surface area contributed by atoms with E-state index >= 15 is 4.39 Å². The van der Waals surface area contributed by atoms with Crippen LogP contribution in [0.1, 0.15) is 49.3 Å². The van der Waals surface area contributed by atoms with E-state index in [0.29, 0.717) is 48.0 Å². The van der Waals surface area contributed by atoms with E-state index < -0.39 is 23.2 Å². The van der Waals surface area contributed by atoms with Crippen molar-refractivity contribution in [3.8, 4) is 11.4 Å². The van der Waals surface area contributed by atoms with Gasteiger partial charge in [-0.2, -0.15) is 5.10 Å². The second kappa shape index (κ2) is 8.81. The molecule has 2 aliphatic rings. The Morgan fingerprint density at radius 2 is 2.03 bits per heavy atom. The fraction of sp³-hybridized carbons (Fsp3) is 0.407. The van der Waals surface area contributed by atoms with Crippen molar-refractivity contribution in [1.29, 1.82) is 0 Å². The van der Waals surface area contributed by atoms with Gasteiger partial charge in [-0.05, 0) is 49.9 Å². The number of methoxy groups -OCH3 is 1. The fourth-order valence-corrected chi connectivity index (χ4v) is 5.91. The smallest absolute Gasteiger partial charge is 0.335 e. The molecule has 6 rings (SSSR count). The molecule has 0 aliphatic carbocycles. The third-order valence-electron chi connectivity index (χ3n) is 7.78. The minimum absolute atomic E-state index is 0.0137. The highest BCUT2D eigenvalue weighted by Crippen LogP contribution is 2.48. The van der Waals surface area contributed by atoms with Gasteiger partial charge in [-0.25, -0.2) is 13.6 Å². The highest BCUT2D eigenvalue weighted by Gasteiger charge is 2.46. The van der Waals surface area contributed by atoms with Crippen LogP contribution in [0.25, 0.3) is 27.5 Å². The normalized spacial score (nSPS) is 22.8. The molecule has 194 valence electrons. The predicted octanol–water partition coefficient (Wildman–Crippen LogP) is 5.03. The van der Waals surface area contributed by atoms with Crippen LogP contribution >= 0.6 is 0 Å². The molecule has 4 heterocycles. The standard InChI is InChI=1S/C27H27F2N3O5/c1-27(26(33)34)11-16(13-37-27)21-22-19(9-15-12-30-31-24(15)23(22)29)32(25(21)14-5-7-36-8-6-14)17-3-4-18(28)20(10-17)35-2/h3-4,9-10,12,14,16H,5-8,11,13H2,1-2H3,(H,30,31)(H,33,34)/t16-,27-/m0/s1. The topological polar surface area (TPSA) is 98.6 Å². The summed E-state index contributed by atoms with van der Waals surface area (Å²) in [6.45, 7) is 2.81. The number of carboxylic acid groups (broad SMARTS) is 1. The average molecular weight is 512 g/mol. The Hall–Kier alpha value is -3.50. The first-order valence-corrected chi connectivity index (χ1v) is 12.3. The number of aromatic nitrogens is 3. The number of benzene rings is 2. The lowest BCUT2D eigenvalue weighted by Gasteiger charge is -2.27. The van der Waals surface area contributed by atoms with Crippen LogP contribution in [-0.4, -0.2) is 58.4 Å². The van der Waals surface area contributed by atoms with E-state index in [-0.39, 0.29) is 36.1 Å². The number of rotatable bonds is 5. The summed E-state index contributed by atoms with van der Waals surface area (Å²) < 4.78 is 49.4. The molecule has 0 saturated carbocycles. The summed E-state index contributed by atoms with van der Waals surface area (Å²) in [5.41, 5.74) is 1.72. The lowest BCUT2D eigenvalue weighted by molar-refractivity contribution is -0.157. The first-order valence-electron chi connectivity index (χ1n) is 12.3. The molecule has 2 aliphatic heterocycles. The van der Waals surface area contributed by atoms with Gasteiger partial charge in [0.25, 0.3) is 0 Å². The summed E-state index contributed by atoms with van der Waals surface area (Å²) in [6.07, 6.45) is 3.19. The number of fused-ring (bicyclic) bond motifs is 2. The Balaban J connectivity index is 1.70. The van der Waals surface area contributed by atoms with Crippen LogP contribution in [0.15, 0.2) is 30.5 Å². The largest absolute Gasteiger partial charge is 0.494 e. The molecule has 2 atom stereocenters. The molecule has 2 aromatic carbocycles. The molecule has 2 N–H and O–H groups in total. The van der Waals surface area contributed by atoms with E-state index in [4.69, 9.17) is 14.2 Å². The molecule has 2 saturated heterocycles. The number of hydrogen-bond donors (Lipinski definition) is 2. The van der Waals surface area contributed by atoms with Crippen molar-refractivity contribution < 1.29 is 32.9 Å². The van der Waals surface area contributed by atoms with E-state index in [0.717, 1.165) is 11.3 Å². The van der Waals surface area contributed by atoms with Crippen LogP contribution in [0, 0.1) is 11.6 Å². The number of aliphatic carboxylic acids is 1. The van der Waals surface area contributed by atoms with Gasteiger partial charge in [-0.3, -0.25) is 5.10 Å². The first kappa shape index (κ1) is 23.9. The number of aromatic amines is 1. The van der Waals surface area contributed by atoms with Crippen LogP contribution in [0.2, 0.25) is 0 Å². The quantitative estimate of drug-likeness (QED) is 0.390. The Kier molecular flexibility index (Phi) is 5.68. The lowest BCUT2D eigenvalue weighted by atomic mass is 9.84. The van der Waals surface area contributed by atoms with Crippen LogP contribution in [-0.2, 0) is 14.3 Å². The Labute approximate surface area is 211 Å². The summed E-state index contributed by atoms with van der Waals surface area (Å²) in [4.78, 5) is 12.0. The molecule has 0 amide bonds. The van der Waals surface area contributed by atoms with Gasteiger partial charge in [0.05, 0.1) is 25.4 Å². The van der Waals surface area contributed by atoms with Gasteiger partial charge in [0, 0.05) is 53.3 Å². The lowest BCUT2D eigenvalue weighted by Crippen LogP contribution is -2.34. The molecule has 10 heteroatoms. The zero-order valence-electron chi connectivity index (χ0n) is 20.5. The number of hydrogen-bond acceptors (Lipinski definition) is 5. The van der Waals surface area contributed by atoms with Crippen molar-refractivity contribution in [1.82, 2.24) is 14.8 Å². The van der Waals surface area contributed by atoms with Gasteiger partial charge in [0.2, 0.25) is 0 Å². The minimum Gasteiger partial charge on any atom is -0.494 e. The maximum atomic E-state index is 16.3. The second-order valence-electron chi connectivity index (χ2n) is 10.0. The van der Waals surface area contributed by atoms with Gasteiger partial charge in [0.1, 0.15) is 5.52 Å². The molecule has 0 bridgehead atoms. The maximum Gasteiger partial charge on any atom is 0.335 e. The molecule has 0 spiro atoms. The number of nitrogens with zero attached hydrogens (tertiary/aromatic N) is 2. The number of H-pyrrole nitrogens is 1. The van der Waals surface area contributed by atoms with Gasteiger partial charge in [0.15, 0.2) is 23.0 Å². The van der Waals surface area contributed by atoms with E-state index in [1.54, 1.807) is 25.3 Å². The predicted molar refractivity (Wildman–Crippen MR) is 132 cm³/mol. The van der Waals surface area contributed by atoms with Crippen LogP contribution in [0.5, 0.6) is 5.75 Å². The summed E-state index contributed by atoms with van der Waals surface area (Å²) in [5.74, 6) is -2.28. The summed E-state index contributed by atoms with van der Waals surface area (Å²) in [5, 5.41) is 17.6. The van der Waals surface area contributed by atoms with Gasteiger partial charge >= 0.3 is 5.97 Å². The first-order chi connectivity index (χ1) is 17.8. The van der Waals surface area contributed by atoms with Gasteiger partial charge in [-0.15, -0.1) is 0 Å². The van der Waals surface area contributed by atoms with Crippen molar-refractivity contribution in [3.05, 3.63) is 53.4 Å².